The molecular formula is C22H18Br2N4O7. The molecule has 35 heavy (non-hydrogen) atoms. The lowest BCUT2D eigenvalue weighted by atomic mass is 9.81. The van der Waals surface area contributed by atoms with Crippen molar-refractivity contribution in [1.82, 2.24) is 10.0 Å². The molecule has 0 aromatic heterocycles. The molecule has 3 amide bonds. The van der Waals surface area contributed by atoms with Gasteiger partial charge in [0.2, 0.25) is 0 Å². The fourth-order valence-electron chi connectivity index (χ4n) is 4.41. The lowest BCUT2D eigenvalue weighted by Crippen LogP contribution is -2.49. The van der Waals surface area contributed by atoms with Crippen molar-refractivity contribution in [2.24, 2.45) is 11.8 Å². The molecule has 13 heteroatoms. The Morgan fingerprint density at radius 2 is 1.46 bits per heavy atom. The minimum Gasteiger partial charge on any atom is -0.272 e. The van der Waals surface area contributed by atoms with Crippen molar-refractivity contribution in [3.8, 4) is 0 Å². The second kappa shape index (κ2) is 9.82. The second-order valence-corrected chi connectivity index (χ2v) is 10.6. The third kappa shape index (κ3) is 4.69. The number of carbonyl (C=O) groups excluding carboxylic acids is 3. The summed E-state index contributed by atoms with van der Waals surface area (Å²) >= 11 is 7.04. The van der Waals surface area contributed by atoms with E-state index in [1.807, 2.05) is 0 Å². The Labute approximate surface area is 215 Å². The maximum Gasteiger partial charge on any atom is 0.274 e. The molecule has 1 aliphatic heterocycles. The van der Waals surface area contributed by atoms with Crippen molar-refractivity contribution in [2.75, 3.05) is 0 Å². The molecule has 4 atom stereocenters. The number of alkyl halides is 2. The van der Waals surface area contributed by atoms with Gasteiger partial charge >= 0.3 is 0 Å². The summed E-state index contributed by atoms with van der Waals surface area (Å²) in [5.74, 6) is -3.18. The number of hydrogen-bond acceptors (Lipinski definition) is 7. The highest BCUT2D eigenvalue weighted by molar-refractivity contribution is 9.12. The first-order chi connectivity index (χ1) is 16.6. The molecule has 0 unspecified atom stereocenters. The molecule has 2 aromatic rings. The number of fused-ring (bicyclic) bond motifs is 1. The summed E-state index contributed by atoms with van der Waals surface area (Å²) in [7, 11) is 0. The Kier molecular flexibility index (Phi) is 6.99. The number of imide groups is 1. The van der Waals surface area contributed by atoms with Gasteiger partial charge in [-0.15, -0.1) is 0 Å². The van der Waals surface area contributed by atoms with Crippen LogP contribution in [-0.4, -0.2) is 47.2 Å². The highest BCUT2D eigenvalue weighted by atomic mass is 79.9. The van der Waals surface area contributed by atoms with Crippen LogP contribution in [0.4, 0.5) is 11.4 Å². The van der Waals surface area contributed by atoms with Gasteiger partial charge in [-0.3, -0.25) is 34.6 Å². The first-order valence-corrected chi connectivity index (χ1v) is 12.4. The predicted molar refractivity (Wildman–Crippen MR) is 130 cm³/mol. The number of para-hydroxylation sites is 1. The first-order valence-electron chi connectivity index (χ1n) is 10.5. The van der Waals surface area contributed by atoms with Crippen LogP contribution in [-0.2, 0) is 16.1 Å². The lowest BCUT2D eigenvalue weighted by Gasteiger charge is -2.30. The third-order valence-electron chi connectivity index (χ3n) is 6.20. The van der Waals surface area contributed by atoms with Gasteiger partial charge in [-0.05, 0) is 25.0 Å². The minimum atomic E-state index is -0.788. The molecule has 1 saturated heterocycles. The Morgan fingerprint density at radius 3 is 1.97 bits per heavy atom. The van der Waals surface area contributed by atoms with E-state index in [4.69, 9.17) is 0 Å². The van der Waals surface area contributed by atoms with E-state index in [9.17, 15) is 34.6 Å². The summed E-state index contributed by atoms with van der Waals surface area (Å²) in [6.07, 6.45) is 0.763. The molecule has 0 radical (unpaired) electrons. The normalized spacial score (nSPS) is 23.7. The van der Waals surface area contributed by atoms with Gasteiger partial charge in [0, 0.05) is 33.4 Å². The standard InChI is InChI=1S/C22H18Br2N4O7/c23-17-9-15-16(10-18(17)24)22(31)26(21(15)30)25(11-13-3-1-2-4-19(13)28(34)35)20(29)12-5-7-14(8-6-12)27(32)33/h1-8,15-18H,9-11H2/t15-,16+,17-,18-/m0/s1. The van der Waals surface area contributed by atoms with Crippen molar-refractivity contribution in [1.29, 1.82) is 0 Å². The summed E-state index contributed by atoms with van der Waals surface area (Å²) in [6.45, 7) is -0.417. The van der Waals surface area contributed by atoms with Gasteiger partial charge in [0.05, 0.1) is 33.8 Å². The van der Waals surface area contributed by atoms with Crippen LogP contribution >= 0.6 is 31.9 Å². The second-order valence-electron chi connectivity index (χ2n) is 8.26. The molecule has 0 spiro atoms. The monoisotopic (exact) mass is 608 g/mol. The molecule has 0 N–H and O–H groups in total. The molecule has 11 nitrogen and oxygen atoms in total. The SMILES string of the molecule is O=C(c1ccc([N+](=O)[O-])cc1)N(Cc1ccccc1[N+](=O)[O-])N1C(=O)[C@H]2C[C@H](Br)[C@@H](Br)C[C@H]2C1=O. The molecule has 0 bridgehead atoms. The summed E-state index contributed by atoms with van der Waals surface area (Å²) in [6, 6.07) is 10.4. The quantitative estimate of drug-likeness (QED) is 0.208. The van der Waals surface area contributed by atoms with E-state index in [0.717, 1.165) is 22.2 Å². The van der Waals surface area contributed by atoms with Gasteiger partial charge in [0.15, 0.2) is 0 Å². The molecule has 1 aliphatic carbocycles. The van der Waals surface area contributed by atoms with Gasteiger partial charge in [-0.2, -0.15) is 5.01 Å². The van der Waals surface area contributed by atoms with Crippen LogP contribution in [0.15, 0.2) is 48.5 Å². The Balaban J connectivity index is 1.75. The van der Waals surface area contributed by atoms with E-state index in [-0.39, 0.29) is 32.2 Å². The van der Waals surface area contributed by atoms with Crippen molar-refractivity contribution in [3.63, 3.8) is 0 Å². The Morgan fingerprint density at radius 1 is 0.914 bits per heavy atom. The fraction of sp³-hybridized carbons (Fsp3) is 0.318. The maximum atomic E-state index is 13.5. The van der Waals surface area contributed by atoms with Crippen LogP contribution < -0.4 is 0 Å². The number of nitrogens with zero attached hydrogens (tertiary/aromatic N) is 4. The van der Waals surface area contributed by atoms with Gasteiger partial charge < -0.3 is 0 Å². The zero-order chi connectivity index (χ0) is 25.4. The number of benzene rings is 2. The highest BCUT2D eigenvalue weighted by Crippen LogP contribution is 2.44. The molecule has 4 rings (SSSR count). The van der Waals surface area contributed by atoms with Gasteiger partial charge in [0.1, 0.15) is 0 Å². The van der Waals surface area contributed by atoms with E-state index in [1.54, 1.807) is 6.07 Å². The minimum absolute atomic E-state index is 0.0126. The maximum absolute atomic E-state index is 13.5. The van der Waals surface area contributed by atoms with Gasteiger partial charge in [0.25, 0.3) is 29.1 Å². The first kappa shape index (κ1) is 24.9. The average Bonchev–Trinajstić information content (AvgIpc) is 3.06. The number of nitro groups is 2. The molecule has 1 saturated carbocycles. The van der Waals surface area contributed by atoms with Crippen molar-refractivity contribution in [2.45, 2.75) is 29.0 Å². The van der Waals surface area contributed by atoms with Crippen LogP contribution in [0.5, 0.6) is 0 Å². The highest BCUT2D eigenvalue weighted by Gasteiger charge is 2.54. The number of halogens is 2. The molecule has 1 heterocycles. The molecule has 2 aliphatic rings. The number of amides is 3. The van der Waals surface area contributed by atoms with Crippen LogP contribution in [0.25, 0.3) is 0 Å². The Hall–Kier alpha value is -3.19. The van der Waals surface area contributed by atoms with Crippen LogP contribution in [0, 0.1) is 32.1 Å². The molecular weight excluding hydrogens is 592 g/mol. The van der Waals surface area contributed by atoms with E-state index in [1.165, 1.54) is 30.3 Å². The smallest absolute Gasteiger partial charge is 0.272 e. The summed E-state index contributed by atoms with van der Waals surface area (Å²) < 4.78 is 0. The van der Waals surface area contributed by atoms with Crippen LogP contribution in [0.2, 0.25) is 0 Å². The predicted octanol–water partition coefficient (Wildman–Crippen LogP) is 3.98. The van der Waals surface area contributed by atoms with Crippen molar-refractivity contribution in [3.05, 3.63) is 79.9 Å². The van der Waals surface area contributed by atoms with Crippen LogP contribution in [0.3, 0.4) is 0 Å². The molecule has 2 fully saturated rings. The summed E-state index contributed by atoms with van der Waals surface area (Å²) in [5, 5.41) is 24.2. The topological polar surface area (TPSA) is 144 Å². The van der Waals surface area contributed by atoms with Crippen molar-refractivity contribution < 1.29 is 24.2 Å². The molecule has 182 valence electrons. The number of rotatable bonds is 6. The van der Waals surface area contributed by atoms with Gasteiger partial charge in [-0.25, -0.2) is 5.01 Å². The number of non-ortho nitro benzene ring substituents is 1. The van der Waals surface area contributed by atoms with E-state index < -0.39 is 45.9 Å². The summed E-state index contributed by atoms with van der Waals surface area (Å²) in [4.78, 5) is 61.5. The van der Waals surface area contributed by atoms with E-state index >= 15 is 0 Å². The zero-order valence-corrected chi connectivity index (χ0v) is 21.1. The lowest BCUT2D eigenvalue weighted by molar-refractivity contribution is -0.385. The fourth-order valence-corrected chi connectivity index (χ4v) is 5.64. The van der Waals surface area contributed by atoms with Crippen molar-refractivity contribution >= 4 is 61.0 Å². The summed E-state index contributed by atoms with van der Waals surface area (Å²) in [5.41, 5.74) is -0.397. The largest absolute Gasteiger partial charge is 0.274 e. The number of hydrazine groups is 1. The number of nitro benzene ring substituents is 2. The molecule has 2 aromatic carbocycles. The zero-order valence-electron chi connectivity index (χ0n) is 18.0. The average molecular weight is 610 g/mol. The third-order valence-corrected chi connectivity index (χ3v) is 8.93. The number of hydrogen-bond donors (Lipinski definition) is 0. The van der Waals surface area contributed by atoms with Gasteiger partial charge in [-0.1, -0.05) is 50.1 Å². The van der Waals surface area contributed by atoms with Crippen LogP contribution in [0.1, 0.15) is 28.8 Å². The van der Waals surface area contributed by atoms with E-state index in [0.29, 0.717) is 12.8 Å². The van der Waals surface area contributed by atoms with E-state index in [2.05, 4.69) is 31.9 Å². The number of carbonyl (C=O) groups is 3. The Bertz CT molecular complexity index is 1190.